The van der Waals surface area contributed by atoms with Gasteiger partial charge in [0.15, 0.2) is 0 Å². The van der Waals surface area contributed by atoms with E-state index >= 15 is 0 Å². The summed E-state index contributed by atoms with van der Waals surface area (Å²) in [5, 5.41) is 12.8. The van der Waals surface area contributed by atoms with Crippen LogP contribution in [0.25, 0.3) is 0 Å². The van der Waals surface area contributed by atoms with Gasteiger partial charge in [0.05, 0.1) is 5.41 Å². The molecule has 5 nitrogen and oxygen atoms in total. The molecule has 1 aromatic rings. The second-order valence-electron chi connectivity index (χ2n) is 6.67. The molecule has 1 amide bonds. The number of carboxylic acid groups (broad SMARTS) is 1. The van der Waals surface area contributed by atoms with Crippen molar-refractivity contribution in [3.63, 3.8) is 0 Å². The summed E-state index contributed by atoms with van der Waals surface area (Å²) in [5.74, 6) is -0.947. The normalized spacial score (nSPS) is 18.2. The van der Waals surface area contributed by atoms with Crippen molar-refractivity contribution < 1.29 is 19.4 Å². The van der Waals surface area contributed by atoms with Crippen LogP contribution in [0.5, 0.6) is 0 Å². The maximum Gasteiger partial charge on any atom is 0.315 e. The van der Waals surface area contributed by atoms with E-state index in [1.54, 1.807) is 7.11 Å². The Labute approximate surface area is 143 Å². The third-order valence-electron chi connectivity index (χ3n) is 5.47. The third-order valence-corrected chi connectivity index (χ3v) is 5.47. The SMILES string of the molecule is CCC(CNC(=O)C1(CCOC)CCC1)(C(=O)O)c1ccccc1. The number of carbonyl (C=O) groups excluding carboxylic acids is 1. The van der Waals surface area contributed by atoms with Gasteiger partial charge in [-0.05, 0) is 31.2 Å². The van der Waals surface area contributed by atoms with E-state index in [1.807, 2.05) is 37.3 Å². The summed E-state index contributed by atoms with van der Waals surface area (Å²) in [6, 6.07) is 9.15. The number of carbonyl (C=O) groups is 2. The lowest BCUT2D eigenvalue weighted by atomic mass is 9.66. The molecular weight excluding hydrogens is 306 g/mol. The summed E-state index contributed by atoms with van der Waals surface area (Å²) in [6.45, 7) is 2.50. The molecule has 132 valence electrons. The third kappa shape index (κ3) is 3.46. The first-order valence-electron chi connectivity index (χ1n) is 8.57. The van der Waals surface area contributed by atoms with Crippen LogP contribution in [0.3, 0.4) is 0 Å². The summed E-state index contributed by atoms with van der Waals surface area (Å²) in [7, 11) is 1.63. The van der Waals surface area contributed by atoms with Crippen molar-refractivity contribution in [1.82, 2.24) is 5.32 Å². The number of rotatable bonds is 9. The molecule has 1 saturated carbocycles. The Bertz CT molecular complexity index is 568. The topological polar surface area (TPSA) is 75.6 Å². The summed E-state index contributed by atoms with van der Waals surface area (Å²) in [4.78, 5) is 24.7. The van der Waals surface area contributed by atoms with Crippen molar-refractivity contribution in [1.29, 1.82) is 0 Å². The minimum absolute atomic E-state index is 0.0409. The van der Waals surface area contributed by atoms with Gasteiger partial charge in [0.25, 0.3) is 0 Å². The maximum atomic E-state index is 12.7. The lowest BCUT2D eigenvalue weighted by Gasteiger charge is -2.41. The molecule has 0 aliphatic heterocycles. The number of aliphatic carboxylic acids is 1. The Hall–Kier alpha value is -1.88. The van der Waals surface area contributed by atoms with Gasteiger partial charge in [-0.2, -0.15) is 0 Å². The van der Waals surface area contributed by atoms with Crippen molar-refractivity contribution >= 4 is 11.9 Å². The number of methoxy groups -OCH3 is 1. The van der Waals surface area contributed by atoms with Crippen molar-refractivity contribution in [2.45, 2.75) is 44.4 Å². The van der Waals surface area contributed by atoms with E-state index in [0.29, 0.717) is 19.4 Å². The van der Waals surface area contributed by atoms with Gasteiger partial charge in [-0.15, -0.1) is 0 Å². The molecule has 0 spiro atoms. The zero-order valence-electron chi connectivity index (χ0n) is 14.5. The van der Waals surface area contributed by atoms with E-state index < -0.39 is 11.4 Å². The van der Waals surface area contributed by atoms with Crippen LogP contribution in [0, 0.1) is 5.41 Å². The number of benzene rings is 1. The second-order valence-corrected chi connectivity index (χ2v) is 6.67. The van der Waals surface area contributed by atoms with Crippen LogP contribution in [0.15, 0.2) is 30.3 Å². The van der Waals surface area contributed by atoms with Gasteiger partial charge in [-0.1, -0.05) is 43.7 Å². The number of hydrogen-bond donors (Lipinski definition) is 2. The predicted octanol–water partition coefficient (Wildman–Crippen LogP) is 2.74. The van der Waals surface area contributed by atoms with Crippen LogP contribution in [-0.2, 0) is 19.7 Å². The Morgan fingerprint density at radius 2 is 1.96 bits per heavy atom. The minimum Gasteiger partial charge on any atom is -0.481 e. The smallest absolute Gasteiger partial charge is 0.315 e. The molecule has 24 heavy (non-hydrogen) atoms. The van der Waals surface area contributed by atoms with Gasteiger partial charge < -0.3 is 15.2 Å². The highest BCUT2D eigenvalue weighted by atomic mass is 16.5. The molecule has 1 fully saturated rings. The molecule has 1 aromatic carbocycles. The Morgan fingerprint density at radius 3 is 2.42 bits per heavy atom. The standard InChI is InChI=1S/C19H27NO4/c1-3-19(17(22)23,15-8-5-4-6-9-15)14-20-16(21)18(10-7-11-18)12-13-24-2/h4-6,8-9H,3,7,10-14H2,1-2H3,(H,20,21)(H,22,23). The fourth-order valence-electron chi connectivity index (χ4n) is 3.45. The van der Waals surface area contributed by atoms with Gasteiger partial charge in [0.1, 0.15) is 5.41 Å². The van der Waals surface area contributed by atoms with E-state index in [4.69, 9.17) is 4.74 Å². The van der Waals surface area contributed by atoms with E-state index in [-0.39, 0.29) is 17.9 Å². The molecule has 0 aromatic heterocycles. The molecule has 0 bridgehead atoms. The van der Waals surface area contributed by atoms with E-state index in [2.05, 4.69) is 5.32 Å². The monoisotopic (exact) mass is 333 g/mol. The fraction of sp³-hybridized carbons (Fsp3) is 0.579. The van der Waals surface area contributed by atoms with Crippen molar-refractivity contribution in [3.05, 3.63) is 35.9 Å². The summed E-state index contributed by atoms with van der Waals surface area (Å²) in [6.07, 6.45) is 3.83. The van der Waals surface area contributed by atoms with Gasteiger partial charge in [0, 0.05) is 20.3 Å². The first kappa shape index (κ1) is 18.5. The maximum absolute atomic E-state index is 12.7. The molecule has 0 radical (unpaired) electrons. The molecule has 2 rings (SSSR count). The predicted molar refractivity (Wildman–Crippen MR) is 91.8 cm³/mol. The molecule has 1 aliphatic carbocycles. The van der Waals surface area contributed by atoms with Gasteiger partial charge in [0.2, 0.25) is 5.91 Å². The average molecular weight is 333 g/mol. The molecule has 5 heteroatoms. The lowest BCUT2D eigenvalue weighted by molar-refractivity contribution is -0.145. The first-order valence-corrected chi connectivity index (χ1v) is 8.57. The number of hydrogen-bond acceptors (Lipinski definition) is 3. The van der Waals surface area contributed by atoms with Crippen molar-refractivity contribution in [3.8, 4) is 0 Å². The molecule has 1 atom stereocenters. The largest absolute Gasteiger partial charge is 0.481 e. The van der Waals surface area contributed by atoms with Crippen molar-refractivity contribution in [2.24, 2.45) is 5.41 Å². The Kier molecular flexibility index (Phi) is 5.99. The zero-order valence-corrected chi connectivity index (χ0v) is 14.5. The lowest BCUT2D eigenvalue weighted by Crippen LogP contribution is -2.52. The van der Waals surface area contributed by atoms with Crippen LogP contribution in [0.4, 0.5) is 0 Å². The number of ether oxygens (including phenoxy) is 1. The quantitative estimate of drug-likeness (QED) is 0.728. The molecular formula is C19H27NO4. The van der Waals surface area contributed by atoms with Crippen LogP contribution >= 0.6 is 0 Å². The fourth-order valence-corrected chi connectivity index (χ4v) is 3.45. The zero-order chi connectivity index (χ0) is 17.6. The van der Waals surface area contributed by atoms with Crippen LogP contribution in [0.2, 0.25) is 0 Å². The number of amides is 1. The summed E-state index contributed by atoms with van der Waals surface area (Å²) >= 11 is 0. The number of nitrogens with one attached hydrogen (secondary N) is 1. The van der Waals surface area contributed by atoms with Crippen LogP contribution < -0.4 is 5.32 Å². The summed E-state index contributed by atoms with van der Waals surface area (Å²) in [5.41, 5.74) is -0.756. The highest BCUT2D eigenvalue weighted by Crippen LogP contribution is 2.44. The van der Waals surface area contributed by atoms with Gasteiger partial charge in [-0.3, -0.25) is 9.59 Å². The van der Waals surface area contributed by atoms with E-state index in [0.717, 1.165) is 24.8 Å². The molecule has 0 heterocycles. The van der Waals surface area contributed by atoms with E-state index in [1.165, 1.54) is 0 Å². The highest BCUT2D eigenvalue weighted by molar-refractivity contribution is 5.86. The molecule has 1 aliphatic rings. The summed E-state index contributed by atoms with van der Waals surface area (Å²) < 4.78 is 5.12. The Balaban J connectivity index is 2.13. The molecule has 2 N–H and O–H groups in total. The highest BCUT2D eigenvalue weighted by Gasteiger charge is 2.45. The Morgan fingerprint density at radius 1 is 1.29 bits per heavy atom. The molecule has 1 unspecified atom stereocenters. The van der Waals surface area contributed by atoms with Crippen LogP contribution in [-0.4, -0.2) is 37.2 Å². The second kappa shape index (κ2) is 7.79. The van der Waals surface area contributed by atoms with Crippen molar-refractivity contribution in [2.75, 3.05) is 20.3 Å². The first-order chi connectivity index (χ1) is 11.5. The van der Waals surface area contributed by atoms with E-state index in [9.17, 15) is 14.7 Å². The minimum atomic E-state index is -1.09. The van der Waals surface area contributed by atoms with Crippen LogP contribution in [0.1, 0.15) is 44.6 Å². The average Bonchev–Trinajstić information content (AvgIpc) is 2.55. The number of carboxylic acids is 1. The van der Waals surface area contributed by atoms with Gasteiger partial charge >= 0.3 is 5.97 Å². The van der Waals surface area contributed by atoms with Gasteiger partial charge in [-0.25, -0.2) is 0 Å². The molecule has 0 saturated heterocycles.